The lowest BCUT2D eigenvalue weighted by atomic mass is 10.1. The maximum Gasteiger partial charge on any atom is 0.251 e. The number of amides is 1. The number of benzene rings is 1. The van der Waals surface area contributed by atoms with Crippen LogP contribution in [0.3, 0.4) is 0 Å². The van der Waals surface area contributed by atoms with E-state index in [0.29, 0.717) is 43.9 Å². The molecule has 0 saturated carbocycles. The van der Waals surface area contributed by atoms with Crippen molar-refractivity contribution in [1.29, 1.82) is 0 Å². The molecule has 0 spiro atoms. The van der Waals surface area contributed by atoms with Gasteiger partial charge in [-0.3, -0.25) is 9.10 Å². The van der Waals surface area contributed by atoms with E-state index in [9.17, 15) is 13.2 Å². The molecule has 0 saturated heterocycles. The summed E-state index contributed by atoms with van der Waals surface area (Å²) in [4.78, 5) is 12.1. The Labute approximate surface area is 149 Å². The summed E-state index contributed by atoms with van der Waals surface area (Å²) in [6.45, 7) is 3.00. The summed E-state index contributed by atoms with van der Waals surface area (Å²) >= 11 is 0. The van der Waals surface area contributed by atoms with Crippen LogP contribution in [0.4, 0.5) is 5.69 Å². The molecule has 0 aromatic heterocycles. The lowest BCUT2D eigenvalue weighted by molar-refractivity contribution is 0.0953. The van der Waals surface area contributed by atoms with Gasteiger partial charge in [0.25, 0.3) is 5.91 Å². The molecule has 0 radical (unpaired) electrons. The second-order valence-electron chi connectivity index (χ2n) is 5.43. The van der Waals surface area contributed by atoms with Gasteiger partial charge in [0.2, 0.25) is 10.0 Å². The number of nitrogens with zero attached hydrogens (tertiary/aromatic N) is 1. The number of fused-ring (bicyclic) bond motifs is 1. The summed E-state index contributed by atoms with van der Waals surface area (Å²) < 4.78 is 29.7. The highest BCUT2D eigenvalue weighted by molar-refractivity contribution is 7.92. The van der Waals surface area contributed by atoms with Gasteiger partial charge < -0.3 is 15.4 Å². The highest BCUT2D eigenvalue weighted by atomic mass is 35.5. The smallest absolute Gasteiger partial charge is 0.251 e. The zero-order valence-corrected chi connectivity index (χ0v) is 15.5. The summed E-state index contributed by atoms with van der Waals surface area (Å²) in [6.07, 6.45) is 1.82. The number of nitrogens with one attached hydrogen (secondary N) is 2. The Morgan fingerprint density at radius 2 is 2.04 bits per heavy atom. The first-order valence-corrected chi connectivity index (χ1v) is 9.37. The van der Waals surface area contributed by atoms with Crippen LogP contribution < -0.4 is 14.9 Å². The lowest BCUT2D eigenvalue weighted by Gasteiger charge is -2.16. The molecular weight excluding hydrogens is 354 g/mol. The van der Waals surface area contributed by atoms with Gasteiger partial charge in [0, 0.05) is 38.9 Å². The van der Waals surface area contributed by atoms with Gasteiger partial charge >= 0.3 is 0 Å². The van der Waals surface area contributed by atoms with Crippen molar-refractivity contribution >= 4 is 34.0 Å². The third kappa shape index (κ3) is 5.34. The molecule has 9 heteroatoms. The summed E-state index contributed by atoms with van der Waals surface area (Å²) in [5.74, 6) is -0.154. The Kier molecular flexibility index (Phi) is 7.95. The Morgan fingerprint density at radius 3 is 2.71 bits per heavy atom. The summed E-state index contributed by atoms with van der Waals surface area (Å²) in [6, 6.07) is 5.14. The minimum Gasteiger partial charge on any atom is -0.383 e. The Hall–Kier alpha value is -1.35. The fraction of sp³-hybridized carbons (Fsp3) is 0.533. The van der Waals surface area contributed by atoms with Crippen molar-refractivity contribution in [3.63, 3.8) is 0 Å². The Morgan fingerprint density at radius 1 is 1.29 bits per heavy atom. The van der Waals surface area contributed by atoms with Crippen molar-refractivity contribution < 1.29 is 17.9 Å². The molecule has 1 aliphatic rings. The fourth-order valence-corrected chi connectivity index (χ4v) is 3.48. The molecule has 1 aromatic rings. The molecule has 0 unspecified atom stereocenters. The monoisotopic (exact) mass is 377 g/mol. The minimum absolute atomic E-state index is 0. The molecule has 7 nitrogen and oxygen atoms in total. The quantitative estimate of drug-likeness (QED) is 0.640. The van der Waals surface area contributed by atoms with E-state index in [4.69, 9.17) is 4.74 Å². The zero-order valence-electron chi connectivity index (χ0n) is 13.9. The summed E-state index contributed by atoms with van der Waals surface area (Å²) in [5.41, 5.74) is 2.11. The van der Waals surface area contributed by atoms with Crippen molar-refractivity contribution in [3.8, 4) is 0 Å². The van der Waals surface area contributed by atoms with E-state index in [-0.39, 0.29) is 18.3 Å². The first kappa shape index (κ1) is 20.7. The average molecular weight is 378 g/mol. The molecule has 2 N–H and O–H groups in total. The van der Waals surface area contributed by atoms with Crippen LogP contribution in [0.2, 0.25) is 0 Å². The van der Waals surface area contributed by atoms with Gasteiger partial charge in [-0.25, -0.2) is 8.42 Å². The first-order valence-electron chi connectivity index (χ1n) is 7.52. The maximum atomic E-state index is 12.1. The van der Waals surface area contributed by atoms with E-state index in [1.54, 1.807) is 25.3 Å². The predicted octanol–water partition coefficient (Wildman–Crippen LogP) is 0.396. The topological polar surface area (TPSA) is 87.7 Å². The Bertz CT molecular complexity index is 667. The number of carbonyl (C=O) groups excluding carboxylic acids is 1. The van der Waals surface area contributed by atoms with Gasteiger partial charge in [0.15, 0.2) is 0 Å². The third-order valence-corrected chi connectivity index (χ3v) is 4.85. The molecule has 2 rings (SSSR count). The normalized spacial score (nSPS) is 13.3. The van der Waals surface area contributed by atoms with E-state index in [1.807, 2.05) is 0 Å². The van der Waals surface area contributed by atoms with Gasteiger partial charge in [-0.2, -0.15) is 0 Å². The largest absolute Gasteiger partial charge is 0.383 e. The third-order valence-electron chi connectivity index (χ3n) is 3.67. The van der Waals surface area contributed by atoms with Gasteiger partial charge in [0.05, 0.1) is 18.6 Å². The van der Waals surface area contributed by atoms with Crippen LogP contribution in [0.25, 0.3) is 0 Å². The number of ether oxygens (including phenoxy) is 1. The molecule has 0 atom stereocenters. The number of carbonyl (C=O) groups is 1. The van der Waals surface area contributed by atoms with Crippen LogP contribution in [-0.4, -0.2) is 60.5 Å². The van der Waals surface area contributed by atoms with E-state index in [0.717, 1.165) is 12.1 Å². The van der Waals surface area contributed by atoms with Crippen LogP contribution in [0.5, 0.6) is 0 Å². The molecule has 1 heterocycles. The summed E-state index contributed by atoms with van der Waals surface area (Å²) in [7, 11) is -1.62. The van der Waals surface area contributed by atoms with Crippen LogP contribution in [0, 0.1) is 0 Å². The lowest BCUT2D eigenvalue weighted by Crippen LogP contribution is -2.33. The molecule has 0 aliphatic carbocycles. The first-order chi connectivity index (χ1) is 10.9. The standard InChI is InChI=1S/C15H23N3O4S.ClH/c1-22-10-8-16-6-7-17-15(19)13-3-4-14-12(11-13)5-9-18(14)23(2,20)21;/h3-4,11,16H,5-10H2,1-2H3,(H,17,19);1H. The molecule has 1 aliphatic heterocycles. The highest BCUT2D eigenvalue weighted by Gasteiger charge is 2.26. The Balaban J connectivity index is 0.00000288. The number of halogens is 1. The van der Waals surface area contributed by atoms with Gasteiger partial charge in [0.1, 0.15) is 0 Å². The van der Waals surface area contributed by atoms with Crippen molar-refractivity contribution in [2.24, 2.45) is 0 Å². The average Bonchev–Trinajstić information content (AvgIpc) is 2.93. The van der Waals surface area contributed by atoms with Crippen molar-refractivity contribution in [3.05, 3.63) is 29.3 Å². The molecule has 24 heavy (non-hydrogen) atoms. The molecule has 136 valence electrons. The van der Waals surface area contributed by atoms with Gasteiger partial charge in [-0.1, -0.05) is 0 Å². The molecule has 1 aromatic carbocycles. The van der Waals surface area contributed by atoms with Crippen molar-refractivity contribution in [2.75, 3.05) is 50.5 Å². The van der Waals surface area contributed by atoms with Crippen molar-refractivity contribution in [1.82, 2.24) is 10.6 Å². The zero-order chi connectivity index (χ0) is 16.9. The predicted molar refractivity (Wildman–Crippen MR) is 96.7 cm³/mol. The number of hydrogen-bond donors (Lipinski definition) is 2. The van der Waals surface area contributed by atoms with Crippen molar-refractivity contribution in [2.45, 2.75) is 6.42 Å². The van der Waals surface area contributed by atoms with E-state index >= 15 is 0 Å². The van der Waals surface area contributed by atoms with E-state index in [2.05, 4.69) is 10.6 Å². The number of methoxy groups -OCH3 is 1. The van der Waals surface area contributed by atoms with Crippen LogP contribution in [0.1, 0.15) is 15.9 Å². The van der Waals surface area contributed by atoms with Crippen LogP contribution in [0.15, 0.2) is 18.2 Å². The maximum absolute atomic E-state index is 12.1. The minimum atomic E-state index is -3.26. The molecule has 0 fully saturated rings. The second kappa shape index (κ2) is 9.22. The van der Waals surface area contributed by atoms with Gasteiger partial charge in [-0.15, -0.1) is 12.4 Å². The summed E-state index contributed by atoms with van der Waals surface area (Å²) in [5, 5.41) is 5.98. The van der Waals surface area contributed by atoms with Crippen LogP contribution >= 0.6 is 12.4 Å². The second-order valence-corrected chi connectivity index (χ2v) is 7.33. The molecule has 1 amide bonds. The van der Waals surface area contributed by atoms with E-state index < -0.39 is 10.0 Å². The fourth-order valence-electron chi connectivity index (χ4n) is 2.52. The number of sulfonamides is 1. The van der Waals surface area contributed by atoms with Gasteiger partial charge in [-0.05, 0) is 30.2 Å². The highest BCUT2D eigenvalue weighted by Crippen LogP contribution is 2.30. The van der Waals surface area contributed by atoms with E-state index in [1.165, 1.54) is 10.6 Å². The number of anilines is 1. The molecule has 0 bridgehead atoms. The van der Waals surface area contributed by atoms with Crippen LogP contribution in [-0.2, 0) is 21.2 Å². The molecular formula is C15H24ClN3O4S. The SMILES string of the molecule is COCCNCCNC(=O)c1ccc2c(c1)CCN2S(C)(=O)=O.Cl. The number of rotatable bonds is 8. The number of hydrogen-bond acceptors (Lipinski definition) is 5.